The first-order valence-electron chi connectivity index (χ1n) is 39.9. The van der Waals surface area contributed by atoms with E-state index in [1.54, 1.807) is 0 Å². The molecule has 105 heavy (non-hydrogen) atoms. The third kappa shape index (κ3) is 17.2. The average molecular weight is 1460 g/mol. The van der Waals surface area contributed by atoms with Gasteiger partial charge in [0.05, 0.1) is 0 Å². The lowest BCUT2D eigenvalue weighted by atomic mass is 9.77. The van der Waals surface area contributed by atoms with Crippen LogP contribution >= 0.6 is 0 Å². The van der Waals surface area contributed by atoms with E-state index < -0.39 is 0 Å². The van der Waals surface area contributed by atoms with Gasteiger partial charge in [0.1, 0.15) is 0 Å². The molecule has 6 aliphatic rings. The Hall–Kier alpha value is -5.01. The Bertz CT molecular complexity index is 3040. The molecule has 6 fully saturated rings. The Balaban J connectivity index is 1.17. The molecule has 3 aromatic heterocycles. The molecule has 596 valence electrons. The summed E-state index contributed by atoms with van der Waals surface area (Å²) in [6, 6.07) is 1.10. The number of anilines is 9. The van der Waals surface area contributed by atoms with Gasteiger partial charge in [-0.15, -0.1) is 0 Å². The van der Waals surface area contributed by atoms with Crippen molar-refractivity contribution in [1.82, 2.24) is 74.3 Å². The van der Waals surface area contributed by atoms with Crippen LogP contribution < -0.4 is 44.1 Å². The van der Waals surface area contributed by atoms with Crippen molar-refractivity contribution in [3.63, 3.8) is 0 Å². The minimum atomic E-state index is -0.0689. The van der Waals surface area contributed by atoms with E-state index in [2.05, 4.69) is 338 Å². The Morgan fingerprint density at radius 1 is 0.210 bits per heavy atom. The van der Waals surface area contributed by atoms with Crippen molar-refractivity contribution >= 4 is 53.5 Å². The van der Waals surface area contributed by atoms with E-state index in [4.69, 9.17) is 44.9 Å². The predicted octanol–water partition coefficient (Wildman–Crippen LogP) is 11.8. The normalized spacial score (nSPS) is 25.2. The quantitative estimate of drug-likeness (QED) is 0.0988. The van der Waals surface area contributed by atoms with Crippen LogP contribution in [0, 0.1) is 0 Å². The van der Waals surface area contributed by atoms with Gasteiger partial charge in [0, 0.05) is 185 Å². The van der Waals surface area contributed by atoms with Crippen LogP contribution in [-0.2, 0) is 0 Å². The first-order valence-corrected chi connectivity index (χ1v) is 39.9. The highest BCUT2D eigenvalue weighted by Gasteiger charge is 2.52. The highest BCUT2D eigenvalue weighted by molar-refractivity contribution is 5.52. The number of nitrogens with zero attached hydrogens (tertiary/aromatic N) is 24. The Kier molecular flexibility index (Phi) is 23.0. The van der Waals surface area contributed by atoms with Crippen molar-refractivity contribution in [1.29, 1.82) is 0 Å². The molecule has 24 heteroatoms. The Morgan fingerprint density at radius 3 is 0.476 bits per heavy atom. The van der Waals surface area contributed by atoms with Crippen molar-refractivity contribution in [3.8, 4) is 0 Å². The van der Waals surface area contributed by atoms with Crippen molar-refractivity contribution < 1.29 is 0 Å². The second-order valence-corrected chi connectivity index (χ2v) is 41.7. The van der Waals surface area contributed by atoms with Crippen LogP contribution in [0.3, 0.4) is 0 Å². The average Bonchev–Trinajstić information content (AvgIpc) is 0.773. The fourth-order valence-electron chi connectivity index (χ4n) is 20.0. The molecule has 6 aliphatic heterocycles. The van der Waals surface area contributed by atoms with Crippen LogP contribution in [0.15, 0.2) is 0 Å². The van der Waals surface area contributed by atoms with Crippen LogP contribution in [0.1, 0.15) is 243 Å². The fraction of sp³-hybridized carbons (Fsp3) is 0.889. The van der Waals surface area contributed by atoms with Gasteiger partial charge in [0.25, 0.3) is 0 Å². The number of aromatic nitrogens is 9. The largest absolute Gasteiger partial charge is 0.342 e. The molecule has 9 heterocycles. The van der Waals surface area contributed by atoms with E-state index in [9.17, 15) is 0 Å². The number of rotatable bonds is 21. The lowest BCUT2D eigenvalue weighted by Gasteiger charge is -2.55. The topological polar surface area (TPSA) is 165 Å². The minimum absolute atomic E-state index is 0.0434. The molecule has 0 amide bonds. The molecule has 0 saturated carbocycles. The van der Waals surface area contributed by atoms with E-state index >= 15 is 0 Å². The molecule has 3 aromatic rings. The van der Waals surface area contributed by atoms with Gasteiger partial charge in [-0.1, -0.05) is 0 Å². The number of likely N-dealkylation sites (N-methyl/N-ethyl adjacent to an activating group) is 2. The molecule has 24 nitrogen and oxygen atoms in total. The SMILES string of the molecule is CN(CCN(CCN(C)c1nc(N(C)C2CC(C)(C)N(C)C(C)(C)C2)nc(N(C)C2CC(C)(C)N(C)C(C)(C)C2)n1)c1nc(N(C)C2CC(C)(C)N(C)C(C)(C)C2)nc(N(C)C2CC(C)(C)N(C)C(C)(C)C2)n1)c1nc(N(C)C2CC(C)(C)N(C)C(C)(C)C2)nc(N(C)C2CC(C)(C)N(C)C(C)(C)C2)n1. The third-order valence-corrected chi connectivity index (χ3v) is 29.1. The number of piperidine rings is 6. The third-order valence-electron chi connectivity index (χ3n) is 29.1. The van der Waals surface area contributed by atoms with Crippen molar-refractivity contribution in [2.24, 2.45) is 0 Å². The molecule has 6 saturated heterocycles. The smallest absolute Gasteiger partial charge is 0.232 e. The molecular formula is C81H152N24. The standard InChI is InChI=1S/C81H152N24/c1-70(2)43-55(44-71(3,4)99(70)33)93(27)63-82-61(83-64(86-63)94(28)56-45-72(5,6)100(34)73(7,8)46-56)91(25)39-41-105(69-89-67(97(31)59-51-78(17,18)103(37)79(19,20)52-59)88-68(90-69)98(32)60-53-80(21,22)104(38)81(23,24)54-60)42-40-92(26)62-84-65(95(29)57-47-74(9,10)101(35)75(11,12)48-57)87-66(85-62)96(30)58-49-76(13,14)102(36)77(15,16)50-58/h55-60H,39-54H2,1-38H3. The zero-order chi connectivity index (χ0) is 79.0. The van der Waals surface area contributed by atoms with E-state index in [-0.39, 0.29) is 103 Å². The molecule has 0 N–H and O–H groups in total. The van der Waals surface area contributed by atoms with Crippen LogP contribution in [0.4, 0.5) is 53.5 Å². The second kappa shape index (κ2) is 28.7. The van der Waals surface area contributed by atoms with E-state index in [0.29, 0.717) is 79.7 Å². The summed E-state index contributed by atoms with van der Waals surface area (Å²) >= 11 is 0. The molecule has 0 atom stereocenters. The maximum absolute atomic E-state index is 5.71. The summed E-state index contributed by atoms with van der Waals surface area (Å²) in [5.41, 5.74) is -0.623. The van der Waals surface area contributed by atoms with E-state index in [0.717, 1.165) is 77.0 Å². The van der Waals surface area contributed by atoms with Crippen molar-refractivity contribution in [2.45, 2.75) is 346 Å². The van der Waals surface area contributed by atoms with E-state index in [1.165, 1.54) is 0 Å². The lowest BCUT2D eigenvalue weighted by molar-refractivity contribution is -0.0127. The van der Waals surface area contributed by atoms with Gasteiger partial charge >= 0.3 is 0 Å². The number of hydrogen-bond acceptors (Lipinski definition) is 24. The second-order valence-electron chi connectivity index (χ2n) is 41.7. The van der Waals surface area contributed by atoms with E-state index in [1.807, 2.05) is 0 Å². The van der Waals surface area contributed by atoms with Gasteiger partial charge in [-0.25, -0.2) is 0 Å². The summed E-state index contributed by atoms with van der Waals surface area (Å²) in [7, 11) is 31.2. The van der Waals surface area contributed by atoms with Gasteiger partial charge in [-0.2, -0.15) is 44.9 Å². The minimum Gasteiger partial charge on any atom is -0.342 e. The number of likely N-dealkylation sites (tertiary alicyclic amines) is 6. The lowest BCUT2D eigenvalue weighted by Crippen LogP contribution is -2.62. The van der Waals surface area contributed by atoms with Gasteiger partial charge in [-0.3, -0.25) is 29.4 Å². The van der Waals surface area contributed by atoms with Crippen LogP contribution in [0.25, 0.3) is 0 Å². The molecule has 0 spiro atoms. The highest BCUT2D eigenvalue weighted by atomic mass is 15.5. The summed E-state index contributed by atoms with van der Waals surface area (Å²) in [6.45, 7) is 59.2. The maximum Gasteiger partial charge on any atom is 0.232 e. The zero-order valence-corrected chi connectivity index (χ0v) is 74.0. The van der Waals surface area contributed by atoms with Gasteiger partial charge in [-0.05, 0) is 286 Å². The van der Waals surface area contributed by atoms with Crippen LogP contribution in [0.5, 0.6) is 0 Å². The summed E-state index contributed by atoms with van der Waals surface area (Å²) in [5.74, 6) is 6.01. The molecule has 0 aromatic carbocycles. The first kappa shape index (κ1) is 84.0. The first-order chi connectivity index (χ1) is 47.7. The molecule has 0 bridgehead atoms. The van der Waals surface area contributed by atoms with Crippen molar-refractivity contribution in [3.05, 3.63) is 0 Å². The molecule has 0 radical (unpaired) electrons. The molecule has 9 rings (SSSR count). The summed E-state index contributed by atoms with van der Waals surface area (Å²) in [5, 5.41) is 0. The molecule has 0 unspecified atom stereocenters. The molecular weight excluding hydrogens is 1310 g/mol. The summed E-state index contributed by atoms with van der Waals surface area (Å²) in [6.07, 6.45) is 11.6. The van der Waals surface area contributed by atoms with Gasteiger partial charge < -0.3 is 44.1 Å². The van der Waals surface area contributed by atoms with Crippen LogP contribution in [0.2, 0.25) is 0 Å². The number of hydrogen-bond donors (Lipinski definition) is 0. The van der Waals surface area contributed by atoms with Crippen LogP contribution in [-0.4, -0.2) is 302 Å². The van der Waals surface area contributed by atoms with Gasteiger partial charge in [0.2, 0.25) is 53.5 Å². The molecule has 0 aliphatic carbocycles. The zero-order valence-electron chi connectivity index (χ0n) is 74.0. The monoisotopic (exact) mass is 1460 g/mol. The van der Waals surface area contributed by atoms with Crippen molar-refractivity contribution in [2.75, 3.05) is 169 Å². The Morgan fingerprint density at radius 2 is 0.333 bits per heavy atom. The maximum atomic E-state index is 5.71. The summed E-state index contributed by atoms with van der Waals surface area (Å²) < 4.78 is 0. The fourth-order valence-corrected chi connectivity index (χ4v) is 20.0. The Labute approximate surface area is 639 Å². The van der Waals surface area contributed by atoms with Gasteiger partial charge in [0.15, 0.2) is 0 Å². The summed E-state index contributed by atoms with van der Waals surface area (Å²) in [4.78, 5) is 86.5. The predicted molar refractivity (Wildman–Crippen MR) is 442 cm³/mol. The highest BCUT2D eigenvalue weighted by Crippen LogP contribution is 2.47.